The standard InChI is InChI=1S/C10H23N3O/c1-4-5-7-12-10(14)13(8-6-11)9(2)3/h9H,4-8,11H2,1-3H3,(H,12,14). The Labute approximate surface area is 86.8 Å². The number of hydrogen-bond donors (Lipinski definition) is 2. The van der Waals surface area contributed by atoms with Gasteiger partial charge < -0.3 is 16.0 Å². The van der Waals surface area contributed by atoms with Crippen molar-refractivity contribution < 1.29 is 4.79 Å². The van der Waals surface area contributed by atoms with Gasteiger partial charge in [0.25, 0.3) is 0 Å². The maximum Gasteiger partial charge on any atom is 0.317 e. The second kappa shape index (κ2) is 7.62. The van der Waals surface area contributed by atoms with Gasteiger partial charge in [0.05, 0.1) is 0 Å². The maximum absolute atomic E-state index is 11.6. The summed E-state index contributed by atoms with van der Waals surface area (Å²) < 4.78 is 0. The number of carbonyl (C=O) groups is 1. The van der Waals surface area contributed by atoms with Crippen LogP contribution in [0.3, 0.4) is 0 Å². The largest absolute Gasteiger partial charge is 0.338 e. The van der Waals surface area contributed by atoms with E-state index < -0.39 is 0 Å². The normalized spacial score (nSPS) is 10.4. The van der Waals surface area contributed by atoms with E-state index in [-0.39, 0.29) is 12.1 Å². The molecule has 0 aromatic carbocycles. The van der Waals surface area contributed by atoms with Gasteiger partial charge in [-0.25, -0.2) is 4.79 Å². The van der Waals surface area contributed by atoms with Gasteiger partial charge >= 0.3 is 6.03 Å². The molecule has 4 heteroatoms. The van der Waals surface area contributed by atoms with Crippen LogP contribution >= 0.6 is 0 Å². The summed E-state index contributed by atoms with van der Waals surface area (Å²) in [6.07, 6.45) is 2.12. The molecule has 0 unspecified atom stereocenters. The van der Waals surface area contributed by atoms with Gasteiger partial charge in [0.15, 0.2) is 0 Å². The molecule has 0 bridgehead atoms. The number of amides is 2. The van der Waals surface area contributed by atoms with Crippen molar-refractivity contribution in [2.45, 2.75) is 39.7 Å². The molecule has 0 aromatic heterocycles. The lowest BCUT2D eigenvalue weighted by molar-refractivity contribution is 0.185. The summed E-state index contributed by atoms with van der Waals surface area (Å²) in [6.45, 7) is 7.98. The third-order valence-electron chi connectivity index (χ3n) is 2.06. The molecule has 0 radical (unpaired) electrons. The predicted molar refractivity (Wildman–Crippen MR) is 59.2 cm³/mol. The zero-order valence-corrected chi connectivity index (χ0v) is 9.55. The average molecular weight is 201 g/mol. The van der Waals surface area contributed by atoms with Crippen LogP contribution in [0.1, 0.15) is 33.6 Å². The molecule has 0 aliphatic heterocycles. The van der Waals surface area contributed by atoms with Gasteiger partial charge in [0.1, 0.15) is 0 Å². The zero-order valence-electron chi connectivity index (χ0n) is 9.55. The minimum Gasteiger partial charge on any atom is -0.338 e. The SMILES string of the molecule is CCCCNC(=O)N(CCN)C(C)C. The maximum atomic E-state index is 11.6. The average Bonchev–Trinajstić information content (AvgIpc) is 2.13. The van der Waals surface area contributed by atoms with Gasteiger partial charge in [-0.15, -0.1) is 0 Å². The van der Waals surface area contributed by atoms with Gasteiger partial charge in [-0.05, 0) is 20.3 Å². The highest BCUT2D eigenvalue weighted by Crippen LogP contribution is 1.97. The van der Waals surface area contributed by atoms with Crippen LogP contribution < -0.4 is 11.1 Å². The molecule has 0 aliphatic carbocycles. The van der Waals surface area contributed by atoms with Crippen LogP contribution in [0, 0.1) is 0 Å². The Kier molecular flexibility index (Phi) is 7.20. The number of carbonyl (C=O) groups excluding carboxylic acids is 1. The lowest BCUT2D eigenvalue weighted by Crippen LogP contribution is -2.46. The minimum atomic E-state index is -0.00102. The molecule has 0 spiro atoms. The van der Waals surface area contributed by atoms with Crippen molar-refractivity contribution in [3.8, 4) is 0 Å². The van der Waals surface area contributed by atoms with E-state index in [9.17, 15) is 4.79 Å². The van der Waals surface area contributed by atoms with E-state index in [1.807, 2.05) is 13.8 Å². The number of unbranched alkanes of at least 4 members (excludes halogenated alkanes) is 1. The second-order valence-electron chi connectivity index (χ2n) is 3.66. The Hall–Kier alpha value is -0.770. The molecule has 84 valence electrons. The molecule has 0 atom stereocenters. The molecular weight excluding hydrogens is 178 g/mol. The summed E-state index contributed by atoms with van der Waals surface area (Å²) in [5, 5.41) is 2.88. The molecule has 0 aliphatic rings. The van der Waals surface area contributed by atoms with Crippen molar-refractivity contribution in [1.82, 2.24) is 10.2 Å². The molecule has 0 aromatic rings. The first-order chi connectivity index (χ1) is 6.63. The van der Waals surface area contributed by atoms with Crippen molar-refractivity contribution in [2.75, 3.05) is 19.6 Å². The molecule has 0 rings (SSSR count). The molecule has 0 fully saturated rings. The topological polar surface area (TPSA) is 58.4 Å². The van der Waals surface area contributed by atoms with Crippen molar-refractivity contribution in [2.24, 2.45) is 5.73 Å². The summed E-state index contributed by atoms with van der Waals surface area (Å²) in [4.78, 5) is 13.4. The monoisotopic (exact) mass is 201 g/mol. The summed E-state index contributed by atoms with van der Waals surface area (Å²) in [7, 11) is 0. The first-order valence-electron chi connectivity index (χ1n) is 5.38. The fourth-order valence-electron chi connectivity index (χ4n) is 1.21. The van der Waals surface area contributed by atoms with Crippen LogP contribution in [-0.4, -0.2) is 36.6 Å². The molecule has 0 saturated carbocycles. The van der Waals surface area contributed by atoms with Crippen LogP contribution in [0.4, 0.5) is 4.79 Å². The van der Waals surface area contributed by atoms with Crippen LogP contribution in [-0.2, 0) is 0 Å². The Balaban J connectivity index is 3.89. The molecule has 0 saturated heterocycles. The van der Waals surface area contributed by atoms with Gasteiger partial charge in [-0.1, -0.05) is 13.3 Å². The Morgan fingerprint density at radius 2 is 2.14 bits per heavy atom. The highest BCUT2D eigenvalue weighted by atomic mass is 16.2. The van der Waals surface area contributed by atoms with Gasteiger partial charge in [0.2, 0.25) is 0 Å². The number of hydrogen-bond acceptors (Lipinski definition) is 2. The summed E-state index contributed by atoms with van der Waals surface area (Å²) in [5.41, 5.74) is 5.44. The van der Waals surface area contributed by atoms with E-state index in [1.165, 1.54) is 0 Å². The molecule has 3 N–H and O–H groups in total. The van der Waals surface area contributed by atoms with E-state index in [4.69, 9.17) is 5.73 Å². The number of nitrogens with one attached hydrogen (secondary N) is 1. The lowest BCUT2D eigenvalue weighted by atomic mass is 10.3. The van der Waals surface area contributed by atoms with E-state index in [0.717, 1.165) is 19.4 Å². The van der Waals surface area contributed by atoms with Crippen molar-refractivity contribution in [3.63, 3.8) is 0 Å². The minimum absolute atomic E-state index is 0.00102. The van der Waals surface area contributed by atoms with Crippen molar-refractivity contribution >= 4 is 6.03 Å². The van der Waals surface area contributed by atoms with Crippen LogP contribution in [0.25, 0.3) is 0 Å². The van der Waals surface area contributed by atoms with Crippen molar-refractivity contribution in [3.05, 3.63) is 0 Å². The quantitative estimate of drug-likeness (QED) is 0.634. The van der Waals surface area contributed by atoms with Gasteiger partial charge in [0, 0.05) is 25.7 Å². The Bertz CT molecular complexity index is 159. The fraction of sp³-hybridized carbons (Fsp3) is 0.900. The third kappa shape index (κ3) is 5.07. The number of nitrogens with two attached hydrogens (primary N) is 1. The molecule has 14 heavy (non-hydrogen) atoms. The summed E-state index contributed by atoms with van der Waals surface area (Å²) in [5.74, 6) is 0. The Morgan fingerprint density at radius 3 is 2.57 bits per heavy atom. The number of urea groups is 1. The highest BCUT2D eigenvalue weighted by Gasteiger charge is 2.14. The van der Waals surface area contributed by atoms with Gasteiger partial charge in [-0.3, -0.25) is 0 Å². The van der Waals surface area contributed by atoms with Crippen LogP contribution in [0.15, 0.2) is 0 Å². The Morgan fingerprint density at radius 1 is 1.50 bits per heavy atom. The van der Waals surface area contributed by atoms with Crippen molar-refractivity contribution in [1.29, 1.82) is 0 Å². The molecule has 0 heterocycles. The smallest absolute Gasteiger partial charge is 0.317 e. The van der Waals surface area contributed by atoms with E-state index in [1.54, 1.807) is 4.90 Å². The van der Waals surface area contributed by atoms with Gasteiger partial charge in [-0.2, -0.15) is 0 Å². The molecular formula is C10H23N3O. The fourth-order valence-corrected chi connectivity index (χ4v) is 1.21. The van der Waals surface area contributed by atoms with E-state index in [2.05, 4.69) is 12.2 Å². The highest BCUT2D eigenvalue weighted by molar-refractivity contribution is 5.74. The number of rotatable bonds is 6. The molecule has 4 nitrogen and oxygen atoms in total. The first-order valence-corrected chi connectivity index (χ1v) is 5.38. The lowest BCUT2D eigenvalue weighted by Gasteiger charge is -2.26. The third-order valence-corrected chi connectivity index (χ3v) is 2.06. The van der Waals surface area contributed by atoms with E-state index in [0.29, 0.717) is 13.1 Å². The van der Waals surface area contributed by atoms with Crippen LogP contribution in [0.2, 0.25) is 0 Å². The summed E-state index contributed by atoms with van der Waals surface area (Å²) >= 11 is 0. The predicted octanol–water partition coefficient (Wildman–Crippen LogP) is 1.17. The van der Waals surface area contributed by atoms with Crippen LogP contribution in [0.5, 0.6) is 0 Å². The molecule has 2 amide bonds. The second-order valence-corrected chi connectivity index (χ2v) is 3.66. The number of nitrogens with zero attached hydrogens (tertiary/aromatic N) is 1. The summed E-state index contributed by atoms with van der Waals surface area (Å²) in [6, 6.07) is 0.207. The van der Waals surface area contributed by atoms with E-state index >= 15 is 0 Å². The zero-order chi connectivity index (χ0) is 11.0. The first kappa shape index (κ1) is 13.2.